The van der Waals surface area contributed by atoms with Crippen LogP contribution in [0.5, 0.6) is 5.75 Å². The van der Waals surface area contributed by atoms with Crippen LogP contribution in [0.3, 0.4) is 0 Å². The molecule has 0 heterocycles. The Morgan fingerprint density at radius 1 is 0.879 bits per heavy atom. The van der Waals surface area contributed by atoms with Crippen LogP contribution >= 0.6 is 0 Å². The monoisotopic (exact) mass is 439 g/mol. The fraction of sp³-hybridized carbons (Fsp3) is 0.207. The largest absolute Gasteiger partial charge is 0.482 e. The molecule has 168 valence electrons. The minimum atomic E-state index is -0.990. The van der Waals surface area contributed by atoms with E-state index in [0.29, 0.717) is 18.1 Å². The molecule has 0 aliphatic carbocycles. The van der Waals surface area contributed by atoms with Gasteiger partial charge >= 0.3 is 5.97 Å². The Morgan fingerprint density at radius 2 is 1.64 bits per heavy atom. The maximum atomic E-state index is 11.1. The summed E-state index contributed by atoms with van der Waals surface area (Å²) in [6.07, 6.45) is 1.67. The van der Waals surface area contributed by atoms with Crippen LogP contribution in [-0.2, 0) is 17.6 Å². The lowest BCUT2D eigenvalue weighted by Gasteiger charge is -2.15. The molecule has 0 radical (unpaired) electrons. The van der Waals surface area contributed by atoms with Crippen molar-refractivity contribution in [3.05, 3.63) is 102 Å². The number of hydrogen-bond acceptors (Lipinski definition) is 3. The van der Waals surface area contributed by atoms with Crippen LogP contribution in [-0.4, -0.2) is 17.7 Å². The quantitative estimate of drug-likeness (QED) is 0.300. The lowest BCUT2D eigenvalue weighted by molar-refractivity contribution is -0.139. The SMILES string of the molecule is CC(C)Cc1cccc(Nc2ccc(OCC(=O)O)c(Cc3cccc4ccccc34)c2)c1. The highest BCUT2D eigenvalue weighted by molar-refractivity contribution is 5.86. The number of fused-ring (bicyclic) bond motifs is 1. The molecule has 0 aliphatic heterocycles. The van der Waals surface area contributed by atoms with Gasteiger partial charge in [0.25, 0.3) is 0 Å². The van der Waals surface area contributed by atoms with Gasteiger partial charge in [-0.25, -0.2) is 4.79 Å². The van der Waals surface area contributed by atoms with E-state index in [2.05, 4.69) is 73.8 Å². The van der Waals surface area contributed by atoms with Crippen LogP contribution in [0.1, 0.15) is 30.5 Å². The van der Waals surface area contributed by atoms with Gasteiger partial charge in [0.05, 0.1) is 0 Å². The molecule has 0 unspecified atom stereocenters. The molecule has 4 aromatic rings. The van der Waals surface area contributed by atoms with E-state index in [-0.39, 0.29) is 6.61 Å². The summed E-state index contributed by atoms with van der Waals surface area (Å²) in [6, 6.07) is 28.8. The van der Waals surface area contributed by atoms with Gasteiger partial charge in [0.2, 0.25) is 0 Å². The van der Waals surface area contributed by atoms with Crippen LogP contribution in [0, 0.1) is 5.92 Å². The van der Waals surface area contributed by atoms with Crippen LogP contribution in [0.4, 0.5) is 11.4 Å². The molecular formula is C29H29NO3. The summed E-state index contributed by atoms with van der Waals surface area (Å²) < 4.78 is 5.62. The lowest BCUT2D eigenvalue weighted by atomic mass is 9.97. The minimum absolute atomic E-state index is 0.368. The van der Waals surface area contributed by atoms with E-state index in [1.165, 1.54) is 21.9 Å². The second-order valence-corrected chi connectivity index (χ2v) is 8.74. The van der Waals surface area contributed by atoms with Crippen molar-refractivity contribution in [2.45, 2.75) is 26.7 Å². The summed E-state index contributed by atoms with van der Waals surface area (Å²) >= 11 is 0. The Balaban J connectivity index is 1.65. The third-order valence-electron chi connectivity index (χ3n) is 5.53. The molecule has 0 aromatic heterocycles. The van der Waals surface area contributed by atoms with Gasteiger partial charge in [0.1, 0.15) is 5.75 Å². The van der Waals surface area contributed by atoms with Crippen LogP contribution < -0.4 is 10.1 Å². The molecule has 4 rings (SSSR count). The van der Waals surface area contributed by atoms with Crippen molar-refractivity contribution in [3.8, 4) is 5.75 Å². The first-order chi connectivity index (χ1) is 16.0. The average Bonchev–Trinajstić information content (AvgIpc) is 2.78. The number of nitrogens with one attached hydrogen (secondary N) is 1. The summed E-state index contributed by atoms with van der Waals surface area (Å²) in [5.41, 5.74) is 5.38. The van der Waals surface area contributed by atoms with Crippen molar-refractivity contribution in [1.29, 1.82) is 0 Å². The number of ether oxygens (including phenoxy) is 1. The zero-order valence-electron chi connectivity index (χ0n) is 19.0. The lowest BCUT2D eigenvalue weighted by Crippen LogP contribution is -2.11. The first-order valence-corrected chi connectivity index (χ1v) is 11.3. The third kappa shape index (κ3) is 5.92. The molecule has 0 aliphatic rings. The van der Waals surface area contributed by atoms with Crippen molar-refractivity contribution < 1.29 is 14.6 Å². The molecule has 0 bridgehead atoms. The molecule has 0 amide bonds. The van der Waals surface area contributed by atoms with Crippen molar-refractivity contribution in [2.24, 2.45) is 5.92 Å². The summed E-state index contributed by atoms with van der Waals surface area (Å²) in [7, 11) is 0. The number of anilines is 2. The van der Waals surface area contributed by atoms with Gasteiger partial charge in [-0.05, 0) is 64.6 Å². The summed E-state index contributed by atoms with van der Waals surface area (Å²) in [4.78, 5) is 11.1. The molecule has 0 fully saturated rings. The van der Waals surface area contributed by atoms with Crippen molar-refractivity contribution in [1.82, 2.24) is 0 Å². The van der Waals surface area contributed by atoms with E-state index in [0.717, 1.165) is 23.4 Å². The number of rotatable bonds is 9. The normalized spacial score (nSPS) is 11.0. The summed E-state index contributed by atoms with van der Waals surface area (Å²) in [5.74, 6) is 0.193. The van der Waals surface area contributed by atoms with Crippen molar-refractivity contribution in [2.75, 3.05) is 11.9 Å². The van der Waals surface area contributed by atoms with Crippen LogP contribution in [0.15, 0.2) is 84.9 Å². The Bertz CT molecular complexity index is 1260. The number of hydrogen-bond donors (Lipinski definition) is 2. The van der Waals surface area contributed by atoms with Gasteiger partial charge in [-0.3, -0.25) is 0 Å². The predicted molar refractivity (Wildman–Crippen MR) is 135 cm³/mol. The van der Waals surface area contributed by atoms with E-state index in [1.54, 1.807) is 0 Å². The highest BCUT2D eigenvalue weighted by Gasteiger charge is 2.11. The topological polar surface area (TPSA) is 58.6 Å². The predicted octanol–water partition coefficient (Wildman–Crippen LogP) is 6.84. The number of carbonyl (C=O) groups is 1. The second kappa shape index (κ2) is 10.2. The van der Waals surface area contributed by atoms with Crippen LogP contribution in [0.2, 0.25) is 0 Å². The Labute approximate surface area is 194 Å². The molecule has 2 N–H and O–H groups in total. The van der Waals surface area contributed by atoms with Gasteiger partial charge in [-0.2, -0.15) is 0 Å². The molecule has 4 heteroatoms. The van der Waals surface area contributed by atoms with E-state index in [4.69, 9.17) is 9.84 Å². The Hall–Kier alpha value is -3.79. The molecule has 0 atom stereocenters. The van der Waals surface area contributed by atoms with Crippen LogP contribution in [0.25, 0.3) is 10.8 Å². The zero-order valence-corrected chi connectivity index (χ0v) is 19.0. The van der Waals surface area contributed by atoms with Gasteiger partial charge in [-0.1, -0.05) is 68.4 Å². The number of carboxylic acids is 1. The third-order valence-corrected chi connectivity index (χ3v) is 5.53. The van der Waals surface area contributed by atoms with E-state index < -0.39 is 5.97 Å². The highest BCUT2D eigenvalue weighted by atomic mass is 16.5. The number of carboxylic acid groups (broad SMARTS) is 1. The van der Waals surface area contributed by atoms with Crippen molar-refractivity contribution in [3.63, 3.8) is 0 Å². The van der Waals surface area contributed by atoms with Gasteiger partial charge in [0, 0.05) is 23.4 Å². The average molecular weight is 440 g/mol. The fourth-order valence-corrected chi connectivity index (χ4v) is 4.14. The van der Waals surface area contributed by atoms with Gasteiger partial charge in [0.15, 0.2) is 6.61 Å². The smallest absolute Gasteiger partial charge is 0.341 e. The molecular weight excluding hydrogens is 410 g/mol. The summed E-state index contributed by atoms with van der Waals surface area (Å²) in [5, 5.41) is 15.0. The Morgan fingerprint density at radius 3 is 2.45 bits per heavy atom. The maximum Gasteiger partial charge on any atom is 0.341 e. The zero-order chi connectivity index (χ0) is 23.2. The molecule has 33 heavy (non-hydrogen) atoms. The maximum absolute atomic E-state index is 11.1. The second-order valence-electron chi connectivity index (χ2n) is 8.74. The first kappa shape index (κ1) is 22.4. The number of benzene rings is 4. The summed E-state index contributed by atoms with van der Waals surface area (Å²) in [6.45, 7) is 4.07. The number of aliphatic carboxylic acids is 1. The Kier molecular flexibility index (Phi) is 6.94. The van der Waals surface area contributed by atoms with Crippen molar-refractivity contribution >= 4 is 28.1 Å². The molecule has 0 spiro atoms. The van der Waals surface area contributed by atoms with Gasteiger partial charge in [-0.15, -0.1) is 0 Å². The fourth-order valence-electron chi connectivity index (χ4n) is 4.14. The molecule has 0 saturated heterocycles. The van der Waals surface area contributed by atoms with E-state index in [1.807, 2.05) is 30.3 Å². The van der Waals surface area contributed by atoms with Gasteiger partial charge < -0.3 is 15.2 Å². The molecule has 4 nitrogen and oxygen atoms in total. The molecule has 0 saturated carbocycles. The first-order valence-electron chi connectivity index (χ1n) is 11.3. The minimum Gasteiger partial charge on any atom is -0.482 e. The highest BCUT2D eigenvalue weighted by Crippen LogP contribution is 2.30. The van der Waals surface area contributed by atoms with E-state index in [9.17, 15) is 4.79 Å². The van der Waals surface area contributed by atoms with E-state index >= 15 is 0 Å². The standard InChI is InChI=1S/C29H29NO3/c1-20(2)15-21-7-5-11-25(16-21)30-26-13-14-28(33-19-29(31)32)24(18-26)17-23-10-6-9-22-8-3-4-12-27(22)23/h3-14,16,18,20,30H,15,17,19H2,1-2H3,(H,31,32). The molecule has 4 aromatic carbocycles.